The molecule has 7 heteroatoms. The first-order chi connectivity index (χ1) is 12.0. The zero-order valence-electron chi connectivity index (χ0n) is 13.8. The van der Waals surface area contributed by atoms with E-state index in [1.807, 2.05) is 19.9 Å². The first kappa shape index (κ1) is 16.5. The Morgan fingerprint density at radius 2 is 1.88 bits per heavy atom. The third kappa shape index (κ3) is 3.95. The Labute approximate surface area is 144 Å². The van der Waals surface area contributed by atoms with Crippen molar-refractivity contribution in [2.45, 2.75) is 19.8 Å². The van der Waals surface area contributed by atoms with Gasteiger partial charge < -0.3 is 10.4 Å². The Kier molecular flexibility index (Phi) is 4.65. The van der Waals surface area contributed by atoms with Crippen LogP contribution in [0.25, 0.3) is 11.5 Å². The lowest BCUT2D eigenvalue weighted by atomic mass is 10.1. The van der Waals surface area contributed by atoms with Gasteiger partial charge in [-0.1, -0.05) is 13.8 Å². The summed E-state index contributed by atoms with van der Waals surface area (Å²) in [6, 6.07) is 8.35. The second-order valence-electron chi connectivity index (χ2n) is 5.75. The van der Waals surface area contributed by atoms with Crippen LogP contribution in [0.3, 0.4) is 0 Å². The molecule has 0 fully saturated rings. The van der Waals surface area contributed by atoms with Crippen molar-refractivity contribution in [1.82, 2.24) is 19.9 Å². The minimum Gasteiger partial charge on any atom is -0.478 e. The maximum Gasteiger partial charge on any atom is 0.335 e. The van der Waals surface area contributed by atoms with Gasteiger partial charge in [-0.05, 0) is 30.2 Å². The molecule has 0 aliphatic rings. The van der Waals surface area contributed by atoms with Gasteiger partial charge >= 0.3 is 5.97 Å². The van der Waals surface area contributed by atoms with Crippen molar-refractivity contribution >= 4 is 17.5 Å². The third-order valence-corrected chi connectivity index (χ3v) is 3.53. The van der Waals surface area contributed by atoms with Crippen molar-refractivity contribution in [1.29, 1.82) is 0 Å². The van der Waals surface area contributed by atoms with Crippen molar-refractivity contribution in [2.75, 3.05) is 5.32 Å². The molecular weight excluding hydrogens is 318 g/mol. The minimum atomic E-state index is -0.958. The van der Waals surface area contributed by atoms with Crippen molar-refractivity contribution in [2.24, 2.45) is 0 Å². The summed E-state index contributed by atoms with van der Waals surface area (Å²) in [6.45, 7) is 4.10. The number of aromatic carboxylic acids is 1. The number of carboxylic acid groups (broad SMARTS) is 1. The molecule has 2 aromatic heterocycles. The molecule has 2 N–H and O–H groups in total. The molecule has 126 valence electrons. The van der Waals surface area contributed by atoms with E-state index in [9.17, 15) is 4.79 Å². The first-order valence-corrected chi connectivity index (χ1v) is 7.78. The summed E-state index contributed by atoms with van der Waals surface area (Å²) in [6.07, 6.45) is 4.81. The zero-order valence-corrected chi connectivity index (χ0v) is 13.8. The van der Waals surface area contributed by atoms with Gasteiger partial charge in [-0.25, -0.2) is 19.7 Å². The van der Waals surface area contributed by atoms with Gasteiger partial charge in [0.25, 0.3) is 0 Å². The molecule has 3 rings (SSSR count). The Morgan fingerprint density at radius 3 is 2.48 bits per heavy atom. The van der Waals surface area contributed by atoms with Crippen LogP contribution in [0, 0.1) is 0 Å². The van der Waals surface area contributed by atoms with Crippen molar-refractivity contribution in [3.8, 4) is 11.5 Å². The summed E-state index contributed by atoms with van der Waals surface area (Å²) in [4.78, 5) is 28.3. The standard InChI is InChI=1S/C18H17N5O2/c1-11(2)14-9-16(21-13-5-3-12(4-6-13)18(24)25)23-17(22-14)15-10-19-7-8-20-15/h3-11H,1-2H3,(H,24,25)(H,21,22,23). The molecular formula is C18H17N5O2. The number of nitrogens with zero attached hydrogens (tertiary/aromatic N) is 4. The highest BCUT2D eigenvalue weighted by atomic mass is 16.4. The van der Waals surface area contributed by atoms with Gasteiger partial charge in [0.05, 0.1) is 11.8 Å². The predicted molar refractivity (Wildman–Crippen MR) is 93.8 cm³/mol. The average Bonchev–Trinajstić information content (AvgIpc) is 2.62. The maximum atomic E-state index is 10.9. The molecule has 25 heavy (non-hydrogen) atoms. The highest BCUT2D eigenvalue weighted by Gasteiger charge is 2.11. The van der Waals surface area contributed by atoms with Crippen LogP contribution in [-0.4, -0.2) is 31.0 Å². The van der Waals surface area contributed by atoms with Crippen LogP contribution in [0.15, 0.2) is 48.9 Å². The number of hydrogen-bond acceptors (Lipinski definition) is 6. The lowest BCUT2D eigenvalue weighted by Crippen LogP contribution is -2.03. The number of hydrogen-bond donors (Lipinski definition) is 2. The topological polar surface area (TPSA) is 101 Å². The third-order valence-electron chi connectivity index (χ3n) is 3.53. The van der Waals surface area contributed by atoms with Crippen LogP contribution >= 0.6 is 0 Å². The molecule has 1 aromatic carbocycles. The largest absolute Gasteiger partial charge is 0.478 e. The number of carbonyl (C=O) groups is 1. The number of carboxylic acids is 1. The SMILES string of the molecule is CC(C)c1cc(Nc2ccc(C(=O)O)cc2)nc(-c2cnccn2)n1. The van der Waals surface area contributed by atoms with Crippen molar-refractivity contribution in [3.63, 3.8) is 0 Å². The second kappa shape index (κ2) is 7.04. The molecule has 0 atom stereocenters. The molecule has 7 nitrogen and oxygen atoms in total. The highest BCUT2D eigenvalue weighted by Crippen LogP contribution is 2.23. The van der Waals surface area contributed by atoms with Crippen LogP contribution in [0.2, 0.25) is 0 Å². The summed E-state index contributed by atoms with van der Waals surface area (Å²) in [5.41, 5.74) is 2.44. The molecule has 0 aliphatic heterocycles. The number of benzene rings is 1. The molecule has 0 saturated carbocycles. The van der Waals surface area contributed by atoms with Crippen LogP contribution in [0.1, 0.15) is 35.8 Å². The monoisotopic (exact) mass is 335 g/mol. The van der Waals surface area contributed by atoms with Gasteiger partial charge in [0, 0.05) is 29.8 Å². The molecule has 0 radical (unpaired) electrons. The minimum absolute atomic E-state index is 0.216. The Morgan fingerprint density at radius 1 is 1.12 bits per heavy atom. The predicted octanol–water partition coefficient (Wildman–Crippen LogP) is 3.50. The highest BCUT2D eigenvalue weighted by molar-refractivity contribution is 5.88. The fourth-order valence-corrected chi connectivity index (χ4v) is 2.20. The molecule has 2 heterocycles. The summed E-state index contributed by atoms with van der Waals surface area (Å²) in [5, 5.41) is 12.2. The van der Waals surface area contributed by atoms with Crippen LogP contribution in [0.4, 0.5) is 11.5 Å². The summed E-state index contributed by atoms with van der Waals surface area (Å²) in [5.74, 6) is 0.361. The van der Waals surface area contributed by atoms with E-state index in [1.165, 1.54) is 0 Å². The molecule has 0 saturated heterocycles. The number of anilines is 2. The normalized spacial score (nSPS) is 10.7. The van der Waals surface area contributed by atoms with Gasteiger partial charge in [-0.2, -0.15) is 0 Å². The smallest absolute Gasteiger partial charge is 0.335 e. The second-order valence-corrected chi connectivity index (χ2v) is 5.75. The van der Waals surface area contributed by atoms with E-state index in [1.54, 1.807) is 42.9 Å². The molecule has 0 aliphatic carbocycles. The van der Waals surface area contributed by atoms with E-state index in [-0.39, 0.29) is 11.5 Å². The molecule has 0 amide bonds. The van der Waals surface area contributed by atoms with Crippen LogP contribution in [-0.2, 0) is 0 Å². The maximum absolute atomic E-state index is 10.9. The fraction of sp³-hybridized carbons (Fsp3) is 0.167. The summed E-state index contributed by atoms with van der Waals surface area (Å²) >= 11 is 0. The molecule has 0 unspecified atom stereocenters. The Hall–Kier alpha value is -3.35. The lowest BCUT2D eigenvalue weighted by molar-refractivity contribution is 0.0697. The van der Waals surface area contributed by atoms with Crippen LogP contribution < -0.4 is 5.32 Å². The van der Waals surface area contributed by atoms with Crippen molar-refractivity contribution in [3.05, 3.63) is 60.2 Å². The fourth-order valence-electron chi connectivity index (χ4n) is 2.20. The Bertz CT molecular complexity index is 880. The van der Waals surface area contributed by atoms with E-state index in [2.05, 4.69) is 25.3 Å². The van der Waals surface area contributed by atoms with Gasteiger partial charge in [0.1, 0.15) is 11.5 Å². The molecule has 3 aromatic rings. The van der Waals surface area contributed by atoms with Crippen molar-refractivity contribution < 1.29 is 9.90 Å². The van der Waals surface area contributed by atoms with Gasteiger partial charge in [0.2, 0.25) is 0 Å². The van der Waals surface area contributed by atoms with E-state index in [0.717, 1.165) is 11.4 Å². The first-order valence-electron chi connectivity index (χ1n) is 7.78. The van der Waals surface area contributed by atoms with Gasteiger partial charge in [0.15, 0.2) is 5.82 Å². The molecule has 0 bridgehead atoms. The van der Waals surface area contributed by atoms with Gasteiger partial charge in [-0.15, -0.1) is 0 Å². The van der Waals surface area contributed by atoms with E-state index in [4.69, 9.17) is 5.11 Å². The molecule has 0 spiro atoms. The summed E-state index contributed by atoms with van der Waals surface area (Å²) < 4.78 is 0. The van der Waals surface area contributed by atoms with Crippen LogP contribution in [0.5, 0.6) is 0 Å². The van der Waals surface area contributed by atoms with E-state index < -0.39 is 5.97 Å². The quantitative estimate of drug-likeness (QED) is 0.736. The number of nitrogens with one attached hydrogen (secondary N) is 1. The van der Waals surface area contributed by atoms with E-state index >= 15 is 0 Å². The average molecular weight is 335 g/mol. The van der Waals surface area contributed by atoms with E-state index in [0.29, 0.717) is 17.3 Å². The zero-order chi connectivity index (χ0) is 17.8. The lowest BCUT2D eigenvalue weighted by Gasteiger charge is -2.11. The van der Waals surface area contributed by atoms with Gasteiger partial charge in [-0.3, -0.25) is 4.98 Å². The Balaban J connectivity index is 1.95. The summed E-state index contributed by atoms with van der Waals surface area (Å²) in [7, 11) is 0. The number of rotatable bonds is 5. The number of aromatic nitrogens is 4.